The zero-order valence-electron chi connectivity index (χ0n) is 12.3. The van der Waals surface area contributed by atoms with Crippen molar-refractivity contribution in [3.05, 3.63) is 29.8 Å². The summed E-state index contributed by atoms with van der Waals surface area (Å²) in [5.41, 5.74) is 1.12. The number of carbonyl (C=O) groups is 1. The monoisotopic (exact) mass is 310 g/mol. The lowest BCUT2D eigenvalue weighted by atomic mass is 9.96. The summed E-state index contributed by atoms with van der Waals surface area (Å²) < 4.78 is 25.9. The Balaban J connectivity index is 2.03. The molecule has 21 heavy (non-hydrogen) atoms. The molecule has 0 radical (unpaired) electrons. The van der Waals surface area contributed by atoms with Gasteiger partial charge in [0, 0.05) is 11.3 Å². The van der Waals surface area contributed by atoms with E-state index in [1.165, 1.54) is 0 Å². The summed E-state index contributed by atoms with van der Waals surface area (Å²) in [4.78, 5) is 12.3. The standard InChI is InChI=1S/C15H22N2O3S/c1-2-11-21(19,20)17-13-8-6-12(7-9-13)15(18)14-5-3-4-10-16-14/h6-9,14,16-17H,2-5,10-11H2,1H3. The van der Waals surface area contributed by atoms with E-state index in [0.29, 0.717) is 17.7 Å². The highest BCUT2D eigenvalue weighted by molar-refractivity contribution is 7.92. The van der Waals surface area contributed by atoms with E-state index in [-0.39, 0.29) is 17.6 Å². The summed E-state index contributed by atoms with van der Waals surface area (Å²) in [6.07, 6.45) is 3.61. The fraction of sp³-hybridized carbons (Fsp3) is 0.533. The van der Waals surface area contributed by atoms with Crippen molar-refractivity contribution < 1.29 is 13.2 Å². The van der Waals surface area contributed by atoms with Crippen molar-refractivity contribution in [2.24, 2.45) is 0 Å². The molecule has 2 rings (SSSR count). The molecule has 5 nitrogen and oxygen atoms in total. The van der Waals surface area contributed by atoms with Crippen molar-refractivity contribution in [1.82, 2.24) is 5.32 Å². The maximum absolute atomic E-state index is 12.3. The largest absolute Gasteiger partial charge is 0.307 e. The summed E-state index contributed by atoms with van der Waals surface area (Å²) in [6, 6.07) is 6.54. The molecule has 0 bridgehead atoms. The molecule has 6 heteroatoms. The number of nitrogens with one attached hydrogen (secondary N) is 2. The molecule has 0 spiro atoms. The van der Waals surface area contributed by atoms with Gasteiger partial charge >= 0.3 is 0 Å². The third-order valence-corrected chi connectivity index (χ3v) is 5.03. The maximum atomic E-state index is 12.3. The first-order valence-corrected chi connectivity index (χ1v) is 9.05. The van der Waals surface area contributed by atoms with Gasteiger partial charge in [-0.15, -0.1) is 0 Å². The second kappa shape index (κ2) is 7.04. The second-order valence-corrected chi connectivity index (χ2v) is 7.21. The van der Waals surface area contributed by atoms with Crippen molar-refractivity contribution in [3.8, 4) is 0 Å². The zero-order valence-corrected chi connectivity index (χ0v) is 13.1. The third-order valence-electron chi connectivity index (χ3n) is 3.54. The van der Waals surface area contributed by atoms with Gasteiger partial charge in [-0.05, 0) is 50.1 Å². The predicted molar refractivity (Wildman–Crippen MR) is 84.1 cm³/mol. The Labute approximate surface area is 126 Å². The van der Waals surface area contributed by atoms with Gasteiger partial charge in [0.2, 0.25) is 10.0 Å². The Morgan fingerprint density at radius 1 is 1.29 bits per heavy atom. The Bertz CT molecular complexity index is 575. The highest BCUT2D eigenvalue weighted by atomic mass is 32.2. The van der Waals surface area contributed by atoms with Gasteiger partial charge in [-0.1, -0.05) is 13.3 Å². The molecule has 0 saturated carbocycles. The highest BCUT2D eigenvalue weighted by Crippen LogP contribution is 2.16. The van der Waals surface area contributed by atoms with Gasteiger partial charge in [-0.3, -0.25) is 9.52 Å². The molecule has 1 atom stereocenters. The fourth-order valence-electron chi connectivity index (χ4n) is 2.48. The average Bonchev–Trinajstić information content (AvgIpc) is 2.48. The van der Waals surface area contributed by atoms with E-state index in [1.54, 1.807) is 24.3 Å². The van der Waals surface area contributed by atoms with E-state index in [9.17, 15) is 13.2 Å². The van der Waals surface area contributed by atoms with Crippen LogP contribution in [0.4, 0.5) is 5.69 Å². The molecule has 1 aliphatic heterocycles. The molecular weight excluding hydrogens is 288 g/mol. The summed E-state index contributed by atoms with van der Waals surface area (Å²) in [5.74, 6) is 0.178. The average molecular weight is 310 g/mol. The van der Waals surface area contributed by atoms with Crippen LogP contribution in [0.1, 0.15) is 43.0 Å². The van der Waals surface area contributed by atoms with Gasteiger partial charge in [-0.2, -0.15) is 0 Å². The first kappa shape index (κ1) is 16.0. The van der Waals surface area contributed by atoms with Crippen LogP contribution >= 0.6 is 0 Å². The van der Waals surface area contributed by atoms with E-state index in [2.05, 4.69) is 10.0 Å². The van der Waals surface area contributed by atoms with E-state index in [0.717, 1.165) is 25.8 Å². The van der Waals surface area contributed by atoms with Crippen LogP contribution in [0.3, 0.4) is 0 Å². The van der Waals surface area contributed by atoms with Gasteiger partial charge in [0.05, 0.1) is 11.8 Å². The number of carbonyl (C=O) groups excluding carboxylic acids is 1. The molecule has 0 aromatic heterocycles. The van der Waals surface area contributed by atoms with Crippen molar-refractivity contribution >= 4 is 21.5 Å². The number of Topliss-reactive ketones (excluding diaryl/α,β-unsaturated/α-hetero) is 1. The molecule has 1 aromatic rings. The molecule has 0 aliphatic carbocycles. The number of rotatable bonds is 6. The van der Waals surface area contributed by atoms with Gasteiger partial charge in [0.1, 0.15) is 0 Å². The van der Waals surface area contributed by atoms with Crippen LogP contribution in [-0.2, 0) is 10.0 Å². The third kappa shape index (κ3) is 4.54. The van der Waals surface area contributed by atoms with E-state index in [4.69, 9.17) is 0 Å². The lowest BCUT2D eigenvalue weighted by Gasteiger charge is -2.22. The molecule has 1 saturated heterocycles. The van der Waals surface area contributed by atoms with Crippen molar-refractivity contribution in [3.63, 3.8) is 0 Å². The number of benzene rings is 1. The SMILES string of the molecule is CCCS(=O)(=O)Nc1ccc(C(=O)C2CCCCN2)cc1. The molecular formula is C15H22N2O3S. The first-order valence-electron chi connectivity index (χ1n) is 7.40. The summed E-state index contributed by atoms with van der Waals surface area (Å²) in [6.45, 7) is 2.70. The summed E-state index contributed by atoms with van der Waals surface area (Å²) in [5, 5.41) is 3.23. The van der Waals surface area contributed by atoms with E-state index >= 15 is 0 Å². The number of anilines is 1. The van der Waals surface area contributed by atoms with Crippen LogP contribution in [0, 0.1) is 0 Å². The van der Waals surface area contributed by atoms with Gasteiger partial charge in [0.15, 0.2) is 5.78 Å². The lowest BCUT2D eigenvalue weighted by molar-refractivity contribution is 0.0927. The van der Waals surface area contributed by atoms with Crippen LogP contribution in [0.25, 0.3) is 0 Å². The normalized spacial score (nSPS) is 19.2. The van der Waals surface area contributed by atoms with Crippen LogP contribution in [0.2, 0.25) is 0 Å². The van der Waals surface area contributed by atoms with Crippen LogP contribution in [0.15, 0.2) is 24.3 Å². The van der Waals surface area contributed by atoms with Crippen LogP contribution < -0.4 is 10.0 Å². The Morgan fingerprint density at radius 2 is 2.00 bits per heavy atom. The molecule has 2 N–H and O–H groups in total. The molecule has 1 fully saturated rings. The Hall–Kier alpha value is -1.40. The van der Waals surface area contributed by atoms with Crippen molar-refractivity contribution in [2.75, 3.05) is 17.0 Å². The van der Waals surface area contributed by atoms with Crippen molar-refractivity contribution in [1.29, 1.82) is 0 Å². The van der Waals surface area contributed by atoms with E-state index < -0.39 is 10.0 Å². The number of hydrogen-bond donors (Lipinski definition) is 2. The molecule has 116 valence electrons. The molecule has 0 amide bonds. The smallest absolute Gasteiger partial charge is 0.232 e. The van der Waals surface area contributed by atoms with Crippen LogP contribution in [-0.4, -0.2) is 32.5 Å². The molecule has 1 aromatic carbocycles. The molecule has 1 heterocycles. The van der Waals surface area contributed by atoms with E-state index in [1.807, 2.05) is 6.92 Å². The Morgan fingerprint density at radius 3 is 2.57 bits per heavy atom. The molecule has 1 unspecified atom stereocenters. The molecule has 1 aliphatic rings. The predicted octanol–water partition coefficient (Wildman–Crippen LogP) is 2.16. The minimum Gasteiger partial charge on any atom is -0.307 e. The summed E-state index contributed by atoms with van der Waals surface area (Å²) in [7, 11) is -3.29. The second-order valence-electron chi connectivity index (χ2n) is 5.37. The maximum Gasteiger partial charge on any atom is 0.232 e. The number of ketones is 1. The quantitative estimate of drug-likeness (QED) is 0.790. The number of piperidine rings is 1. The topological polar surface area (TPSA) is 75.3 Å². The van der Waals surface area contributed by atoms with Gasteiger partial charge in [-0.25, -0.2) is 8.42 Å². The first-order chi connectivity index (χ1) is 10.0. The highest BCUT2D eigenvalue weighted by Gasteiger charge is 2.21. The number of hydrogen-bond acceptors (Lipinski definition) is 4. The fourth-order valence-corrected chi connectivity index (χ4v) is 3.61. The van der Waals surface area contributed by atoms with Crippen molar-refractivity contribution in [2.45, 2.75) is 38.6 Å². The lowest BCUT2D eigenvalue weighted by Crippen LogP contribution is -2.40. The minimum atomic E-state index is -3.29. The van der Waals surface area contributed by atoms with Gasteiger partial charge in [0.25, 0.3) is 0 Å². The zero-order chi connectivity index (χ0) is 15.3. The Kier molecular flexibility index (Phi) is 5.36. The summed E-state index contributed by atoms with van der Waals surface area (Å²) >= 11 is 0. The van der Waals surface area contributed by atoms with Gasteiger partial charge < -0.3 is 5.32 Å². The van der Waals surface area contributed by atoms with Crippen LogP contribution in [0.5, 0.6) is 0 Å². The number of sulfonamides is 1. The minimum absolute atomic E-state index is 0.0812.